The van der Waals surface area contributed by atoms with Crippen molar-refractivity contribution >= 4 is 22.5 Å². The average molecular weight is 442 g/mol. The third-order valence-corrected chi connectivity index (χ3v) is 7.10. The second kappa shape index (κ2) is 8.53. The van der Waals surface area contributed by atoms with E-state index in [0.717, 1.165) is 53.8 Å². The van der Waals surface area contributed by atoms with Crippen molar-refractivity contribution in [2.45, 2.75) is 43.6 Å². The summed E-state index contributed by atoms with van der Waals surface area (Å²) in [7, 11) is 2.15. The molecule has 164 valence electrons. The van der Waals surface area contributed by atoms with Gasteiger partial charge in [-0.2, -0.15) is 5.10 Å². The van der Waals surface area contributed by atoms with Crippen LogP contribution in [0.1, 0.15) is 42.9 Å². The van der Waals surface area contributed by atoms with Gasteiger partial charge in [-0.1, -0.05) is 23.7 Å². The van der Waals surface area contributed by atoms with Crippen LogP contribution in [-0.4, -0.2) is 48.0 Å². The molecule has 0 amide bonds. The summed E-state index contributed by atoms with van der Waals surface area (Å²) in [6.07, 6.45) is 7.34. The predicted octanol–water partition coefficient (Wildman–Crippen LogP) is 5.39. The fourth-order valence-corrected chi connectivity index (χ4v) is 4.97. The number of benzene rings is 2. The number of fused-ring (bicyclic) bond motifs is 1. The maximum atomic E-state index is 13.5. The van der Waals surface area contributed by atoms with Crippen LogP contribution in [0.25, 0.3) is 10.9 Å². The molecule has 1 aliphatic heterocycles. The lowest BCUT2D eigenvalue weighted by Gasteiger charge is -2.41. The monoisotopic (exact) mass is 441 g/mol. The zero-order chi connectivity index (χ0) is 21.4. The molecular weight excluding hydrogens is 413 g/mol. The van der Waals surface area contributed by atoms with Crippen LogP contribution in [0.3, 0.4) is 0 Å². The molecule has 0 N–H and O–H groups in total. The minimum atomic E-state index is -0.191. The van der Waals surface area contributed by atoms with Gasteiger partial charge in [0, 0.05) is 22.0 Å². The van der Waals surface area contributed by atoms with Crippen LogP contribution in [0.15, 0.2) is 42.6 Å². The fraction of sp³-hybridized carbons (Fsp3) is 0.480. The molecule has 2 heterocycles. The van der Waals surface area contributed by atoms with Crippen LogP contribution in [-0.2, 0) is 16.6 Å². The number of rotatable bonds is 7. The maximum absolute atomic E-state index is 13.5. The van der Waals surface area contributed by atoms with Gasteiger partial charge in [0.15, 0.2) is 0 Å². The molecule has 6 heteroatoms. The van der Waals surface area contributed by atoms with Crippen LogP contribution in [0.2, 0.25) is 5.02 Å². The van der Waals surface area contributed by atoms with Crippen molar-refractivity contribution in [3.63, 3.8) is 0 Å². The van der Waals surface area contributed by atoms with E-state index in [1.54, 1.807) is 12.1 Å². The van der Waals surface area contributed by atoms with E-state index in [4.69, 9.17) is 21.4 Å². The standard InChI is InChI=1S/C25H29ClFN3O/c1-29-11-9-25(10-12-29,20-2-4-22(27)5-3-20)17-31-13-8-18-14-21(26)15-19-16-30(23-6-7-23)28-24(18)19/h2-5,14-16,23H,6-13,17H2,1H3. The van der Waals surface area contributed by atoms with Crippen molar-refractivity contribution in [2.75, 3.05) is 33.4 Å². The number of hydrogen-bond acceptors (Lipinski definition) is 3. The Morgan fingerprint density at radius 1 is 1.16 bits per heavy atom. The summed E-state index contributed by atoms with van der Waals surface area (Å²) in [6.45, 7) is 3.31. The smallest absolute Gasteiger partial charge is 0.123 e. The molecule has 4 nitrogen and oxygen atoms in total. The van der Waals surface area contributed by atoms with Gasteiger partial charge in [-0.05, 0) is 87.6 Å². The second-order valence-electron chi connectivity index (χ2n) is 9.24. The Hall–Kier alpha value is -1.95. The molecule has 3 aromatic rings. The van der Waals surface area contributed by atoms with Gasteiger partial charge in [-0.3, -0.25) is 4.68 Å². The van der Waals surface area contributed by atoms with Gasteiger partial charge in [0.25, 0.3) is 0 Å². The molecule has 2 fully saturated rings. The average Bonchev–Trinajstić information content (AvgIpc) is 3.52. The van der Waals surface area contributed by atoms with E-state index >= 15 is 0 Å². The summed E-state index contributed by atoms with van der Waals surface area (Å²) in [5.74, 6) is -0.191. The van der Waals surface area contributed by atoms with E-state index in [2.05, 4.69) is 22.8 Å². The highest BCUT2D eigenvalue weighted by molar-refractivity contribution is 6.31. The Labute approximate surface area is 187 Å². The molecule has 2 aromatic carbocycles. The molecule has 0 unspecified atom stereocenters. The molecule has 5 rings (SSSR count). The molecule has 1 aromatic heterocycles. The first-order chi connectivity index (χ1) is 15.0. The van der Waals surface area contributed by atoms with E-state index < -0.39 is 0 Å². The van der Waals surface area contributed by atoms with Gasteiger partial charge in [-0.25, -0.2) is 4.39 Å². The third kappa shape index (κ3) is 4.50. The van der Waals surface area contributed by atoms with E-state index in [-0.39, 0.29) is 11.2 Å². The van der Waals surface area contributed by atoms with Crippen LogP contribution < -0.4 is 0 Å². The minimum Gasteiger partial charge on any atom is -0.380 e. The van der Waals surface area contributed by atoms with Crippen molar-refractivity contribution < 1.29 is 9.13 Å². The summed E-state index contributed by atoms with van der Waals surface area (Å²) in [5, 5.41) is 6.67. The second-order valence-corrected chi connectivity index (χ2v) is 9.67. The molecule has 1 aliphatic carbocycles. The Balaban J connectivity index is 1.28. The van der Waals surface area contributed by atoms with Gasteiger partial charge in [0.1, 0.15) is 5.82 Å². The highest BCUT2D eigenvalue weighted by Crippen LogP contribution is 2.37. The fourth-order valence-electron chi connectivity index (χ4n) is 4.72. The lowest BCUT2D eigenvalue weighted by molar-refractivity contribution is 0.0513. The Morgan fingerprint density at radius 3 is 2.61 bits per heavy atom. The quantitative estimate of drug-likeness (QED) is 0.461. The molecule has 2 aliphatic rings. The number of ether oxygens (including phenoxy) is 1. The van der Waals surface area contributed by atoms with Gasteiger partial charge < -0.3 is 9.64 Å². The summed E-state index contributed by atoms with van der Waals surface area (Å²) < 4.78 is 21.8. The van der Waals surface area contributed by atoms with Crippen LogP contribution >= 0.6 is 11.6 Å². The highest BCUT2D eigenvalue weighted by Gasteiger charge is 2.35. The normalized spacial score (nSPS) is 19.2. The number of halogens is 2. The summed E-state index contributed by atoms with van der Waals surface area (Å²) >= 11 is 6.38. The molecule has 31 heavy (non-hydrogen) atoms. The van der Waals surface area contributed by atoms with Gasteiger partial charge in [0.2, 0.25) is 0 Å². The molecule has 0 radical (unpaired) electrons. The van der Waals surface area contributed by atoms with Crippen LogP contribution in [0.4, 0.5) is 4.39 Å². The molecular formula is C25H29ClFN3O. The topological polar surface area (TPSA) is 30.3 Å². The Bertz CT molecular complexity index is 1050. The van der Waals surface area contributed by atoms with Crippen molar-refractivity contribution in [3.8, 4) is 0 Å². The van der Waals surface area contributed by atoms with E-state index in [1.165, 1.54) is 18.4 Å². The summed E-state index contributed by atoms with van der Waals surface area (Å²) in [5.41, 5.74) is 3.29. The Morgan fingerprint density at radius 2 is 1.90 bits per heavy atom. The van der Waals surface area contributed by atoms with Gasteiger partial charge >= 0.3 is 0 Å². The van der Waals surface area contributed by atoms with Crippen LogP contribution in [0.5, 0.6) is 0 Å². The SMILES string of the molecule is CN1CCC(COCCc2cc(Cl)cc3cn(C4CC4)nc23)(c2ccc(F)cc2)CC1. The number of piperidine rings is 1. The highest BCUT2D eigenvalue weighted by atomic mass is 35.5. The zero-order valence-electron chi connectivity index (χ0n) is 18.0. The van der Waals surface area contributed by atoms with E-state index in [9.17, 15) is 4.39 Å². The number of likely N-dealkylation sites (tertiary alicyclic amines) is 1. The third-order valence-electron chi connectivity index (χ3n) is 6.89. The maximum Gasteiger partial charge on any atom is 0.123 e. The van der Waals surface area contributed by atoms with E-state index in [1.807, 2.05) is 24.3 Å². The molecule has 0 atom stereocenters. The van der Waals surface area contributed by atoms with Gasteiger partial charge in [-0.15, -0.1) is 0 Å². The van der Waals surface area contributed by atoms with Crippen molar-refractivity contribution in [1.29, 1.82) is 0 Å². The van der Waals surface area contributed by atoms with Crippen molar-refractivity contribution in [1.82, 2.24) is 14.7 Å². The minimum absolute atomic E-state index is 0.0581. The zero-order valence-corrected chi connectivity index (χ0v) is 18.7. The first-order valence-electron chi connectivity index (χ1n) is 11.2. The molecule has 0 spiro atoms. The molecule has 1 saturated carbocycles. The molecule has 1 saturated heterocycles. The van der Waals surface area contributed by atoms with Gasteiger partial charge in [0.05, 0.1) is 24.8 Å². The van der Waals surface area contributed by atoms with Crippen molar-refractivity contribution in [2.24, 2.45) is 0 Å². The number of nitrogens with zero attached hydrogens (tertiary/aromatic N) is 3. The Kier molecular flexibility index (Phi) is 5.76. The molecule has 0 bridgehead atoms. The first kappa shape index (κ1) is 20.9. The number of hydrogen-bond donors (Lipinski definition) is 0. The van der Waals surface area contributed by atoms with Crippen molar-refractivity contribution in [3.05, 3.63) is 64.6 Å². The lowest BCUT2D eigenvalue weighted by atomic mass is 9.73. The predicted molar refractivity (Wildman–Crippen MR) is 122 cm³/mol. The largest absolute Gasteiger partial charge is 0.380 e. The first-order valence-corrected chi connectivity index (χ1v) is 11.6. The summed E-state index contributed by atoms with van der Waals surface area (Å²) in [4.78, 5) is 2.35. The van der Waals surface area contributed by atoms with E-state index in [0.29, 0.717) is 19.3 Å². The summed E-state index contributed by atoms with van der Waals surface area (Å²) in [6, 6.07) is 11.5. The lowest BCUT2D eigenvalue weighted by Crippen LogP contribution is -2.44. The number of aromatic nitrogens is 2. The van der Waals surface area contributed by atoms with Crippen LogP contribution in [0, 0.1) is 5.82 Å².